The minimum Gasteiger partial charge on any atom is -0.481 e. The lowest BCUT2D eigenvalue weighted by molar-refractivity contribution is -0.229. The Hall–Kier alpha value is -0.830. The Morgan fingerprint density at radius 3 is 2.12 bits per heavy atom. The molecule has 4 fully saturated rings. The zero-order valence-electron chi connectivity index (χ0n) is 22.3. The summed E-state index contributed by atoms with van der Waals surface area (Å²) in [4.78, 5) is 12.7. The molecule has 3 heteroatoms. The molecule has 0 saturated heterocycles. The highest BCUT2D eigenvalue weighted by atomic mass is 16.4. The average molecular weight is 457 g/mol. The van der Waals surface area contributed by atoms with Crippen molar-refractivity contribution in [2.75, 3.05) is 0 Å². The van der Waals surface area contributed by atoms with Crippen molar-refractivity contribution in [1.29, 1.82) is 0 Å². The Kier molecular flexibility index (Phi) is 4.99. The van der Waals surface area contributed by atoms with Crippen molar-refractivity contribution in [1.82, 2.24) is 0 Å². The van der Waals surface area contributed by atoms with Gasteiger partial charge in [0.05, 0.1) is 11.5 Å². The van der Waals surface area contributed by atoms with Gasteiger partial charge in [0.2, 0.25) is 0 Å². The van der Waals surface area contributed by atoms with Crippen LogP contribution in [-0.2, 0) is 4.79 Å². The summed E-state index contributed by atoms with van der Waals surface area (Å²) in [5.74, 6) is 1.05. The molecular weight excluding hydrogens is 408 g/mol. The molecule has 33 heavy (non-hydrogen) atoms. The molecule has 186 valence electrons. The monoisotopic (exact) mass is 456 g/mol. The van der Waals surface area contributed by atoms with Gasteiger partial charge in [0.1, 0.15) is 0 Å². The maximum absolute atomic E-state index is 12.7. The third-order valence-electron chi connectivity index (χ3n) is 13.0. The highest BCUT2D eigenvalue weighted by Gasteiger charge is 2.69. The van der Waals surface area contributed by atoms with Crippen LogP contribution in [0.3, 0.4) is 0 Å². The molecule has 0 bridgehead atoms. The van der Waals surface area contributed by atoms with Gasteiger partial charge < -0.3 is 10.2 Å². The Morgan fingerprint density at radius 2 is 1.45 bits per heavy atom. The lowest BCUT2D eigenvalue weighted by atomic mass is 9.32. The number of carboxylic acid groups (broad SMARTS) is 1. The van der Waals surface area contributed by atoms with Gasteiger partial charge in [0.15, 0.2) is 0 Å². The average Bonchev–Trinajstić information content (AvgIpc) is 2.71. The van der Waals surface area contributed by atoms with Gasteiger partial charge in [-0.2, -0.15) is 0 Å². The van der Waals surface area contributed by atoms with Gasteiger partial charge in [0.25, 0.3) is 0 Å². The smallest absolute Gasteiger partial charge is 0.313 e. The number of hydrogen-bond acceptors (Lipinski definition) is 2. The second kappa shape index (κ2) is 6.89. The molecular formula is C30H48O3. The largest absolute Gasteiger partial charge is 0.481 e. The second-order valence-corrected chi connectivity index (χ2v) is 15.0. The number of allylic oxidation sites excluding steroid dienone is 1. The molecule has 0 aromatic carbocycles. The predicted octanol–water partition coefficient (Wildman–Crippen LogP) is 7.23. The molecule has 0 aliphatic heterocycles. The van der Waals surface area contributed by atoms with Crippen LogP contribution in [0.1, 0.15) is 113 Å². The van der Waals surface area contributed by atoms with E-state index in [0.29, 0.717) is 17.8 Å². The summed E-state index contributed by atoms with van der Waals surface area (Å²) >= 11 is 0. The van der Waals surface area contributed by atoms with E-state index in [1.54, 1.807) is 0 Å². The van der Waals surface area contributed by atoms with Crippen molar-refractivity contribution >= 4 is 5.97 Å². The maximum Gasteiger partial charge on any atom is 0.313 e. The number of hydrogen-bond donors (Lipinski definition) is 2. The van der Waals surface area contributed by atoms with E-state index in [1.807, 2.05) is 0 Å². The predicted molar refractivity (Wildman–Crippen MR) is 133 cm³/mol. The first kappa shape index (κ1) is 23.9. The van der Waals surface area contributed by atoms with Crippen molar-refractivity contribution in [3.05, 3.63) is 11.6 Å². The number of aliphatic hydroxyl groups is 1. The van der Waals surface area contributed by atoms with Gasteiger partial charge in [-0.05, 0) is 109 Å². The number of carboxylic acids is 1. The van der Waals surface area contributed by atoms with Crippen LogP contribution in [0.2, 0.25) is 0 Å². The highest BCUT2D eigenvalue weighted by Crippen LogP contribution is 2.76. The van der Waals surface area contributed by atoms with Crippen LogP contribution < -0.4 is 0 Å². The molecule has 5 aliphatic carbocycles. The van der Waals surface area contributed by atoms with Crippen LogP contribution in [0.5, 0.6) is 0 Å². The van der Waals surface area contributed by atoms with Crippen molar-refractivity contribution in [2.24, 2.45) is 50.2 Å². The standard InChI is InChI=1S/C30H48O3/c1-25(2)14-16-30(24(32)33)17-15-28(6)19(20(30)18-25)8-9-22-27(5)12-11-23(31)26(3,4)21(27)10-13-29(22,28)7/h18-19,21-23,31H,8-17H2,1-7H3,(H,32,33)/t19-,21?,22-,23+,27+,28-,29-,30+/m1/s1. The molecule has 0 amide bonds. The Morgan fingerprint density at radius 1 is 0.788 bits per heavy atom. The van der Waals surface area contributed by atoms with E-state index in [0.717, 1.165) is 44.9 Å². The number of fused-ring (bicyclic) bond motifs is 7. The SMILES string of the molecule is CC1(C)C=C2[C@H]3CC[C@@H]4[C@@]5(C)CC[C@H](O)C(C)(C)C5CC[C@@]4(C)[C@]3(C)CC[C@@]2(C(=O)O)CC1. The summed E-state index contributed by atoms with van der Waals surface area (Å²) in [7, 11) is 0. The second-order valence-electron chi connectivity index (χ2n) is 15.0. The van der Waals surface area contributed by atoms with E-state index in [4.69, 9.17) is 0 Å². The first-order valence-corrected chi connectivity index (χ1v) is 13.8. The minimum atomic E-state index is -0.624. The Balaban J connectivity index is 1.58. The van der Waals surface area contributed by atoms with Crippen LogP contribution in [0.25, 0.3) is 0 Å². The number of aliphatic carboxylic acids is 1. The Bertz CT molecular complexity index is 885. The third kappa shape index (κ3) is 2.87. The molecule has 1 unspecified atom stereocenters. The lowest BCUT2D eigenvalue weighted by Crippen LogP contribution is -2.66. The van der Waals surface area contributed by atoms with Crippen LogP contribution in [0.4, 0.5) is 0 Å². The van der Waals surface area contributed by atoms with Crippen LogP contribution in [0, 0.1) is 50.2 Å². The van der Waals surface area contributed by atoms with Gasteiger partial charge in [0, 0.05) is 0 Å². The van der Waals surface area contributed by atoms with Crippen molar-refractivity contribution in [3.8, 4) is 0 Å². The van der Waals surface area contributed by atoms with E-state index in [9.17, 15) is 15.0 Å². The molecule has 0 aromatic rings. The van der Waals surface area contributed by atoms with Gasteiger partial charge in [-0.15, -0.1) is 0 Å². The highest BCUT2D eigenvalue weighted by molar-refractivity contribution is 5.80. The molecule has 8 atom stereocenters. The van der Waals surface area contributed by atoms with Gasteiger partial charge in [-0.25, -0.2) is 0 Å². The fraction of sp³-hybridized carbons (Fsp3) is 0.900. The van der Waals surface area contributed by atoms with Crippen LogP contribution in [0.15, 0.2) is 11.6 Å². The molecule has 3 nitrogen and oxygen atoms in total. The summed E-state index contributed by atoms with van der Waals surface area (Å²) in [6.07, 6.45) is 12.7. The molecule has 0 radical (unpaired) electrons. The van der Waals surface area contributed by atoms with Gasteiger partial charge in [-0.3, -0.25) is 4.79 Å². The topological polar surface area (TPSA) is 57.5 Å². The van der Waals surface area contributed by atoms with E-state index in [-0.39, 0.29) is 33.2 Å². The minimum absolute atomic E-state index is 0.0208. The summed E-state index contributed by atoms with van der Waals surface area (Å²) in [5.41, 5.74) is 1.40. The summed E-state index contributed by atoms with van der Waals surface area (Å²) in [6, 6.07) is 0. The molecule has 2 N–H and O–H groups in total. The van der Waals surface area contributed by atoms with Crippen molar-refractivity contribution in [2.45, 2.75) is 119 Å². The number of carbonyl (C=O) groups is 1. The summed E-state index contributed by atoms with van der Waals surface area (Å²) in [6.45, 7) is 16.9. The zero-order valence-corrected chi connectivity index (χ0v) is 22.3. The van der Waals surface area contributed by atoms with Gasteiger partial charge in [-0.1, -0.05) is 60.1 Å². The molecule has 0 heterocycles. The maximum atomic E-state index is 12.7. The van der Waals surface area contributed by atoms with E-state index < -0.39 is 11.4 Å². The summed E-state index contributed by atoms with van der Waals surface area (Å²) < 4.78 is 0. The van der Waals surface area contributed by atoms with Crippen LogP contribution >= 0.6 is 0 Å². The number of aliphatic hydroxyl groups excluding tert-OH is 1. The Labute approximate surface area is 201 Å². The van der Waals surface area contributed by atoms with Crippen molar-refractivity contribution in [3.63, 3.8) is 0 Å². The van der Waals surface area contributed by atoms with E-state index in [2.05, 4.69) is 54.5 Å². The zero-order chi connectivity index (χ0) is 24.2. The first-order valence-electron chi connectivity index (χ1n) is 13.8. The first-order chi connectivity index (χ1) is 15.1. The number of rotatable bonds is 1. The summed E-state index contributed by atoms with van der Waals surface area (Å²) in [5, 5.41) is 21.4. The molecule has 4 saturated carbocycles. The van der Waals surface area contributed by atoms with Gasteiger partial charge >= 0.3 is 5.97 Å². The quantitative estimate of drug-likeness (QED) is 0.409. The van der Waals surface area contributed by atoms with E-state index >= 15 is 0 Å². The molecule has 0 aromatic heterocycles. The van der Waals surface area contributed by atoms with E-state index in [1.165, 1.54) is 24.8 Å². The lowest BCUT2D eigenvalue weighted by Gasteiger charge is -2.72. The fourth-order valence-corrected chi connectivity index (χ4v) is 10.7. The fourth-order valence-electron chi connectivity index (χ4n) is 10.7. The normalized spacial score (nSPS) is 52.4. The molecule has 5 rings (SSSR count). The molecule has 0 spiro atoms. The molecule has 5 aliphatic rings. The van der Waals surface area contributed by atoms with Crippen LogP contribution in [-0.4, -0.2) is 22.3 Å². The van der Waals surface area contributed by atoms with Crippen molar-refractivity contribution < 1.29 is 15.0 Å². The third-order valence-corrected chi connectivity index (χ3v) is 13.0.